The molecule has 1 amide bonds. The quantitative estimate of drug-likeness (QED) is 0.920. The predicted molar refractivity (Wildman–Crippen MR) is 77.2 cm³/mol. The third-order valence-electron chi connectivity index (χ3n) is 3.09. The van der Waals surface area contributed by atoms with Gasteiger partial charge in [0.05, 0.1) is 5.02 Å². The average molecular weight is 332 g/mol. The lowest BCUT2D eigenvalue weighted by molar-refractivity contribution is 0.0949. The Labute approximate surface area is 121 Å². The molecule has 0 unspecified atom stereocenters. The maximum atomic E-state index is 11.9. The molecule has 1 aliphatic rings. The summed E-state index contributed by atoms with van der Waals surface area (Å²) in [4.78, 5) is 14.3. The van der Waals surface area contributed by atoms with Gasteiger partial charge in [0, 0.05) is 23.1 Å². The van der Waals surface area contributed by atoms with Gasteiger partial charge in [-0.2, -0.15) is 0 Å². The van der Waals surface area contributed by atoms with Gasteiger partial charge in [0.25, 0.3) is 5.91 Å². The van der Waals surface area contributed by atoms with Crippen molar-refractivity contribution < 1.29 is 4.79 Å². The Hall–Kier alpha value is -0.580. The number of hydrogen-bond donors (Lipinski definition) is 1. The number of hydrogen-bond acceptors (Lipinski definition) is 2. The molecule has 2 rings (SSSR count). The Morgan fingerprint density at radius 2 is 2.11 bits per heavy atom. The Kier molecular flexibility index (Phi) is 5.03. The normalized spacial score (nSPS) is 15.9. The zero-order chi connectivity index (χ0) is 13.0. The van der Waals surface area contributed by atoms with Gasteiger partial charge in [0.15, 0.2) is 0 Å². The fourth-order valence-electron chi connectivity index (χ4n) is 2.07. The second-order valence-corrected chi connectivity index (χ2v) is 5.70. The van der Waals surface area contributed by atoms with Crippen molar-refractivity contribution in [2.75, 3.05) is 26.2 Å². The van der Waals surface area contributed by atoms with Crippen molar-refractivity contribution in [2.24, 2.45) is 0 Å². The first-order valence-electron chi connectivity index (χ1n) is 6.12. The zero-order valence-electron chi connectivity index (χ0n) is 10.1. The van der Waals surface area contributed by atoms with E-state index in [4.69, 9.17) is 11.6 Å². The molecule has 1 N–H and O–H groups in total. The van der Waals surface area contributed by atoms with Crippen LogP contribution in [0.2, 0.25) is 5.02 Å². The van der Waals surface area contributed by atoms with Crippen molar-refractivity contribution in [1.29, 1.82) is 0 Å². The van der Waals surface area contributed by atoms with Crippen LogP contribution in [0.15, 0.2) is 22.7 Å². The van der Waals surface area contributed by atoms with Gasteiger partial charge in [-0.05, 0) is 60.1 Å². The highest BCUT2D eigenvalue weighted by atomic mass is 79.9. The SMILES string of the molecule is O=C(NCCN1CCCC1)c1ccc(Cl)c(Br)c1. The largest absolute Gasteiger partial charge is 0.351 e. The van der Waals surface area contributed by atoms with Gasteiger partial charge in [-0.3, -0.25) is 4.79 Å². The van der Waals surface area contributed by atoms with Gasteiger partial charge in [0.2, 0.25) is 0 Å². The van der Waals surface area contributed by atoms with Crippen molar-refractivity contribution in [1.82, 2.24) is 10.2 Å². The molecular formula is C13H16BrClN2O. The van der Waals surface area contributed by atoms with Crippen LogP contribution in [0.4, 0.5) is 0 Å². The minimum atomic E-state index is -0.0495. The highest BCUT2D eigenvalue weighted by molar-refractivity contribution is 9.10. The number of benzene rings is 1. The summed E-state index contributed by atoms with van der Waals surface area (Å²) in [5, 5.41) is 3.54. The van der Waals surface area contributed by atoms with Crippen LogP contribution in [0.3, 0.4) is 0 Å². The Balaban J connectivity index is 1.81. The van der Waals surface area contributed by atoms with Gasteiger partial charge in [-0.25, -0.2) is 0 Å². The molecule has 0 spiro atoms. The van der Waals surface area contributed by atoms with E-state index in [1.165, 1.54) is 12.8 Å². The molecule has 5 heteroatoms. The van der Waals surface area contributed by atoms with Gasteiger partial charge in [-0.1, -0.05) is 11.6 Å². The van der Waals surface area contributed by atoms with E-state index < -0.39 is 0 Å². The maximum absolute atomic E-state index is 11.9. The van der Waals surface area contributed by atoms with E-state index in [1.807, 2.05) is 0 Å². The zero-order valence-corrected chi connectivity index (χ0v) is 12.4. The lowest BCUT2D eigenvalue weighted by Gasteiger charge is -2.14. The third kappa shape index (κ3) is 3.70. The fraction of sp³-hybridized carbons (Fsp3) is 0.462. The minimum absolute atomic E-state index is 0.0495. The number of amides is 1. The van der Waals surface area contributed by atoms with Crippen LogP contribution in [0.25, 0.3) is 0 Å². The van der Waals surface area contributed by atoms with Gasteiger partial charge in [0.1, 0.15) is 0 Å². The first kappa shape index (κ1) is 13.8. The number of carbonyl (C=O) groups is 1. The van der Waals surface area contributed by atoms with Crippen molar-refractivity contribution in [3.05, 3.63) is 33.3 Å². The van der Waals surface area contributed by atoms with Crippen molar-refractivity contribution in [3.8, 4) is 0 Å². The summed E-state index contributed by atoms with van der Waals surface area (Å²) >= 11 is 9.21. The van der Waals surface area contributed by atoms with Crippen LogP contribution < -0.4 is 5.32 Å². The third-order valence-corrected chi connectivity index (χ3v) is 4.31. The van der Waals surface area contributed by atoms with E-state index in [0.717, 1.165) is 24.1 Å². The molecule has 0 aliphatic carbocycles. The van der Waals surface area contributed by atoms with E-state index in [1.54, 1.807) is 18.2 Å². The molecule has 18 heavy (non-hydrogen) atoms. The highest BCUT2D eigenvalue weighted by Gasteiger charge is 2.12. The average Bonchev–Trinajstić information content (AvgIpc) is 2.85. The van der Waals surface area contributed by atoms with Crippen LogP contribution in [0.5, 0.6) is 0 Å². The first-order chi connectivity index (χ1) is 8.66. The number of nitrogens with zero attached hydrogens (tertiary/aromatic N) is 1. The summed E-state index contributed by atoms with van der Waals surface area (Å²) in [6.07, 6.45) is 2.55. The Morgan fingerprint density at radius 1 is 1.39 bits per heavy atom. The molecule has 0 saturated carbocycles. The van der Waals surface area contributed by atoms with Crippen LogP contribution in [-0.4, -0.2) is 37.0 Å². The van der Waals surface area contributed by atoms with Crippen molar-refractivity contribution >= 4 is 33.4 Å². The van der Waals surface area contributed by atoms with Crippen LogP contribution in [0.1, 0.15) is 23.2 Å². The number of likely N-dealkylation sites (tertiary alicyclic amines) is 1. The first-order valence-corrected chi connectivity index (χ1v) is 7.29. The van der Waals surface area contributed by atoms with Crippen molar-refractivity contribution in [3.63, 3.8) is 0 Å². The lowest BCUT2D eigenvalue weighted by atomic mass is 10.2. The molecule has 0 atom stereocenters. The summed E-state index contributed by atoms with van der Waals surface area (Å²) in [6, 6.07) is 5.20. The topological polar surface area (TPSA) is 32.3 Å². The van der Waals surface area contributed by atoms with Crippen molar-refractivity contribution in [2.45, 2.75) is 12.8 Å². The molecule has 1 heterocycles. The summed E-state index contributed by atoms with van der Waals surface area (Å²) in [5.41, 5.74) is 0.632. The standard InChI is InChI=1S/C13H16BrClN2O/c14-11-9-10(3-4-12(11)15)13(18)16-5-8-17-6-1-2-7-17/h3-4,9H,1-2,5-8H2,(H,16,18). The van der Waals surface area contributed by atoms with Gasteiger partial charge in [-0.15, -0.1) is 0 Å². The molecule has 0 aromatic heterocycles. The lowest BCUT2D eigenvalue weighted by Crippen LogP contribution is -2.33. The molecule has 1 aliphatic heterocycles. The van der Waals surface area contributed by atoms with E-state index >= 15 is 0 Å². The molecule has 1 aromatic carbocycles. The fourth-order valence-corrected chi connectivity index (χ4v) is 2.57. The Morgan fingerprint density at radius 3 is 2.78 bits per heavy atom. The summed E-state index contributed by atoms with van der Waals surface area (Å²) in [6.45, 7) is 3.93. The second kappa shape index (κ2) is 6.55. The number of nitrogens with one attached hydrogen (secondary N) is 1. The molecule has 98 valence electrons. The summed E-state index contributed by atoms with van der Waals surface area (Å²) < 4.78 is 0.747. The van der Waals surface area contributed by atoms with Crippen LogP contribution in [0, 0.1) is 0 Å². The van der Waals surface area contributed by atoms with E-state index in [9.17, 15) is 4.79 Å². The molecular weight excluding hydrogens is 316 g/mol. The van der Waals surface area contributed by atoms with Crippen LogP contribution >= 0.6 is 27.5 Å². The van der Waals surface area contributed by atoms with E-state index in [-0.39, 0.29) is 5.91 Å². The Bertz CT molecular complexity index is 433. The summed E-state index contributed by atoms with van der Waals surface area (Å²) in [5.74, 6) is -0.0495. The molecule has 3 nitrogen and oxygen atoms in total. The second-order valence-electron chi connectivity index (χ2n) is 4.43. The minimum Gasteiger partial charge on any atom is -0.351 e. The van der Waals surface area contributed by atoms with Crippen LogP contribution in [-0.2, 0) is 0 Å². The molecule has 1 saturated heterocycles. The van der Waals surface area contributed by atoms with E-state index in [2.05, 4.69) is 26.1 Å². The highest BCUT2D eigenvalue weighted by Crippen LogP contribution is 2.23. The van der Waals surface area contributed by atoms with Gasteiger partial charge >= 0.3 is 0 Å². The molecule has 0 bridgehead atoms. The summed E-state index contributed by atoms with van der Waals surface area (Å²) in [7, 11) is 0. The smallest absolute Gasteiger partial charge is 0.251 e. The number of halogens is 2. The maximum Gasteiger partial charge on any atom is 0.251 e. The molecule has 1 aromatic rings. The monoisotopic (exact) mass is 330 g/mol. The molecule has 1 fully saturated rings. The predicted octanol–water partition coefficient (Wildman–Crippen LogP) is 2.93. The number of rotatable bonds is 4. The van der Waals surface area contributed by atoms with Gasteiger partial charge < -0.3 is 10.2 Å². The van der Waals surface area contributed by atoms with E-state index in [0.29, 0.717) is 17.1 Å². The molecule has 0 radical (unpaired) electrons. The number of carbonyl (C=O) groups excluding carboxylic acids is 1.